The molecule has 322 valence electrons. The van der Waals surface area contributed by atoms with E-state index in [0.29, 0.717) is 39.5 Å². The van der Waals surface area contributed by atoms with Crippen molar-refractivity contribution >= 4 is 99.5 Å². The molecule has 3 unspecified atom stereocenters. The molecule has 0 spiro atoms. The van der Waals surface area contributed by atoms with E-state index in [4.69, 9.17) is 44.9 Å². The smallest absolute Gasteiger partial charge is 0.119 e. The lowest BCUT2D eigenvalue weighted by atomic mass is 9.80. The Morgan fingerprint density at radius 1 is 0.449 bits per heavy atom. The first-order chi connectivity index (χ1) is 34.1. The number of benzene rings is 3. The summed E-state index contributed by atoms with van der Waals surface area (Å²) in [6.07, 6.45) is 13.9. The highest BCUT2D eigenvalue weighted by atomic mass is 15.0. The van der Waals surface area contributed by atoms with Gasteiger partial charge in [-0.1, -0.05) is 67.6 Å². The maximum Gasteiger partial charge on any atom is 0.119 e. The van der Waals surface area contributed by atoms with Crippen LogP contribution in [-0.2, 0) is 0 Å². The number of pyridine rings is 5. The van der Waals surface area contributed by atoms with Gasteiger partial charge in [-0.15, -0.1) is 0 Å². The van der Waals surface area contributed by atoms with Crippen LogP contribution in [0.15, 0.2) is 157 Å². The lowest BCUT2D eigenvalue weighted by Crippen LogP contribution is -2.30. The fraction of sp³-hybridized carbons (Fsp3) is 0.0862. The minimum atomic E-state index is -0.371. The van der Waals surface area contributed by atoms with Gasteiger partial charge in [0.2, 0.25) is 0 Å². The fourth-order valence-electron chi connectivity index (χ4n) is 11.3. The molecule has 5 aliphatic heterocycles. The summed E-state index contributed by atoms with van der Waals surface area (Å²) in [5.41, 5.74) is 21.4. The highest BCUT2D eigenvalue weighted by molar-refractivity contribution is 6.18. The average Bonchev–Trinajstić information content (AvgIpc) is 3.40. The van der Waals surface area contributed by atoms with Gasteiger partial charge in [-0.3, -0.25) is 4.98 Å². The molecule has 17 rings (SSSR count). The van der Waals surface area contributed by atoms with Crippen molar-refractivity contribution in [3.05, 3.63) is 185 Å². The number of rotatable bonds is 0. The minimum absolute atomic E-state index is 0.0359. The predicted molar refractivity (Wildman–Crippen MR) is 274 cm³/mol. The molecule has 1 aliphatic carbocycles. The van der Waals surface area contributed by atoms with Gasteiger partial charge in [-0.2, -0.15) is 0 Å². The van der Waals surface area contributed by atoms with Crippen LogP contribution in [0.2, 0.25) is 0 Å². The Morgan fingerprint density at radius 3 is 1.87 bits per heavy atom. The van der Waals surface area contributed by atoms with Crippen LogP contribution in [0.1, 0.15) is 53.5 Å². The standard InChI is InChI=1S/C58H35N11/c1-28-20-21-30-29-22-23-31-37-9-3-15-44(60-37)45-17-6-12-40(63-45)34-26-27-35-41-13-7-19-47(64-41)46-18-5-11-39(62-46)33-25-24-32(38-10-4-16-43(61-38)42-14-2-8-36(29)59-42)50-51(33)67-57-55(66-50)48(28)54(65-49(30)31)56-58(57)69-53(35)52(34)68-56/h2-19,21-28,43,49,61,65H,20H2,1H3/b30-21+. The number of fused-ring (bicyclic) bond motifs is 16. The summed E-state index contributed by atoms with van der Waals surface area (Å²) in [5, 5.41) is 9.76. The Kier molecular flexibility index (Phi) is 7.26. The number of dihydropyridines is 1. The second kappa shape index (κ2) is 13.5. The molecular weight excluding hydrogens is 851 g/mol. The van der Waals surface area contributed by atoms with Gasteiger partial charge >= 0.3 is 0 Å². The third-order valence-corrected chi connectivity index (χ3v) is 14.6. The zero-order valence-corrected chi connectivity index (χ0v) is 36.9. The van der Waals surface area contributed by atoms with Crippen molar-refractivity contribution in [1.82, 2.24) is 50.2 Å². The second-order valence-corrected chi connectivity index (χ2v) is 18.6. The molecule has 25 bridgehead atoms. The van der Waals surface area contributed by atoms with Crippen molar-refractivity contribution in [3.63, 3.8) is 0 Å². The highest BCUT2D eigenvalue weighted by Crippen LogP contribution is 2.48. The molecule has 0 radical (unpaired) electrons. The normalized spacial score (nSPS) is 19.3. The van der Waals surface area contributed by atoms with Gasteiger partial charge in [0.15, 0.2) is 0 Å². The Bertz CT molecular complexity index is 4390. The highest BCUT2D eigenvalue weighted by Gasteiger charge is 2.35. The van der Waals surface area contributed by atoms with Crippen molar-refractivity contribution < 1.29 is 0 Å². The molecule has 6 aliphatic rings. The van der Waals surface area contributed by atoms with E-state index in [-0.39, 0.29) is 18.0 Å². The van der Waals surface area contributed by atoms with E-state index in [1.807, 2.05) is 60.7 Å². The molecule has 0 saturated heterocycles. The van der Waals surface area contributed by atoms with E-state index in [1.54, 1.807) is 0 Å². The molecule has 2 N–H and O–H groups in total. The summed E-state index contributed by atoms with van der Waals surface area (Å²) >= 11 is 0. The molecular formula is C58H35N11. The largest absolute Gasteiger partial charge is 0.373 e. The van der Waals surface area contributed by atoms with Crippen molar-refractivity contribution in [3.8, 4) is 22.6 Å². The molecule has 13 heterocycles. The molecule has 11 aromatic rings. The average molecular weight is 886 g/mol. The molecule has 0 saturated carbocycles. The molecule has 3 atom stereocenters. The van der Waals surface area contributed by atoms with Crippen LogP contribution in [0.5, 0.6) is 0 Å². The first-order valence-electron chi connectivity index (χ1n) is 23.4. The summed E-state index contributed by atoms with van der Waals surface area (Å²) in [7, 11) is 0. The van der Waals surface area contributed by atoms with Gasteiger partial charge in [-0.05, 0) is 109 Å². The van der Waals surface area contributed by atoms with E-state index < -0.39 is 0 Å². The van der Waals surface area contributed by atoms with Crippen molar-refractivity contribution in [2.75, 3.05) is 5.32 Å². The number of nitrogens with zero attached hydrogens (tertiary/aromatic N) is 9. The third kappa shape index (κ3) is 5.23. The monoisotopic (exact) mass is 885 g/mol. The lowest BCUT2D eigenvalue weighted by molar-refractivity contribution is 0.735. The van der Waals surface area contributed by atoms with E-state index >= 15 is 0 Å². The lowest BCUT2D eigenvalue weighted by Gasteiger charge is -2.34. The zero-order chi connectivity index (χ0) is 45.1. The Balaban J connectivity index is 1.18. The predicted octanol–water partition coefficient (Wildman–Crippen LogP) is 11.9. The van der Waals surface area contributed by atoms with Crippen LogP contribution in [0.25, 0.3) is 116 Å². The first-order valence-corrected chi connectivity index (χ1v) is 23.4. The topological polar surface area (TPSA) is 140 Å². The Labute approximate surface area is 392 Å². The van der Waals surface area contributed by atoms with Crippen molar-refractivity contribution in [2.24, 2.45) is 0 Å². The van der Waals surface area contributed by atoms with Crippen LogP contribution < -0.4 is 10.6 Å². The number of hydrogen-bond acceptors (Lipinski definition) is 11. The van der Waals surface area contributed by atoms with Gasteiger partial charge in [0.25, 0.3) is 0 Å². The van der Waals surface area contributed by atoms with Crippen LogP contribution in [0.3, 0.4) is 0 Å². The number of anilines is 1. The van der Waals surface area contributed by atoms with E-state index in [1.165, 1.54) is 0 Å². The summed E-state index contributed by atoms with van der Waals surface area (Å²) in [4.78, 5) is 50.1. The minimum Gasteiger partial charge on any atom is -0.373 e. The van der Waals surface area contributed by atoms with Crippen molar-refractivity contribution in [1.29, 1.82) is 0 Å². The third-order valence-electron chi connectivity index (χ3n) is 14.6. The first kappa shape index (κ1) is 37.1. The summed E-state index contributed by atoms with van der Waals surface area (Å²) in [5.74, 6) is -0.0359. The summed E-state index contributed by atoms with van der Waals surface area (Å²) in [6.45, 7) is 2.29. The van der Waals surface area contributed by atoms with Gasteiger partial charge in [-0.25, -0.2) is 39.9 Å². The maximum absolute atomic E-state index is 5.86. The SMILES string of the molecule is CC1C/C=C2\C3=CC=C4c5cccc(n5)-c5cccc(n5)-c5ccc6c7cccc(n7)c7cccc(n7)c7ccc(c8nc9c1c(c1nc5c6nc1c9nc87)NC42)C1=CC=CC(N1)c1cccc3n1. The maximum atomic E-state index is 5.86. The number of aromatic nitrogens is 9. The van der Waals surface area contributed by atoms with E-state index in [2.05, 4.69) is 109 Å². The quantitative estimate of drug-likeness (QED) is 0.111. The van der Waals surface area contributed by atoms with Gasteiger partial charge in [0.05, 0.1) is 102 Å². The molecule has 11 heteroatoms. The van der Waals surface area contributed by atoms with Crippen LogP contribution in [-0.4, -0.2) is 50.9 Å². The van der Waals surface area contributed by atoms with Crippen molar-refractivity contribution in [2.45, 2.75) is 31.3 Å². The summed E-state index contributed by atoms with van der Waals surface area (Å²) in [6, 6.07) is 38.8. The molecule has 0 amide bonds. The van der Waals surface area contributed by atoms with E-state index in [9.17, 15) is 0 Å². The Hall–Kier alpha value is -9.09. The van der Waals surface area contributed by atoms with Gasteiger partial charge in [0.1, 0.15) is 16.6 Å². The molecule has 8 aromatic heterocycles. The van der Waals surface area contributed by atoms with Crippen LogP contribution >= 0.6 is 0 Å². The fourth-order valence-corrected chi connectivity index (χ4v) is 11.3. The number of allylic oxidation sites excluding steroid dienone is 5. The van der Waals surface area contributed by atoms with Gasteiger partial charge < -0.3 is 10.6 Å². The molecule has 3 aromatic carbocycles. The number of hydrogen-bond donors (Lipinski definition) is 2. The van der Waals surface area contributed by atoms with Crippen LogP contribution in [0, 0.1) is 0 Å². The Morgan fingerprint density at radius 2 is 1.07 bits per heavy atom. The van der Waals surface area contributed by atoms with Crippen LogP contribution in [0.4, 0.5) is 5.69 Å². The zero-order valence-electron chi connectivity index (χ0n) is 36.9. The summed E-state index contributed by atoms with van der Waals surface area (Å²) < 4.78 is 0. The molecule has 0 fully saturated rings. The molecule has 69 heavy (non-hydrogen) atoms. The number of nitrogens with one attached hydrogen (secondary N) is 2. The van der Waals surface area contributed by atoms with Gasteiger partial charge in [0, 0.05) is 44.3 Å². The second-order valence-electron chi connectivity index (χ2n) is 18.6. The molecule has 11 nitrogen and oxygen atoms in total. The van der Waals surface area contributed by atoms with E-state index in [0.717, 1.165) is 123 Å².